The first-order valence-corrected chi connectivity index (χ1v) is 8.33. The van der Waals surface area contributed by atoms with Crippen molar-refractivity contribution in [3.63, 3.8) is 0 Å². The van der Waals surface area contributed by atoms with Gasteiger partial charge in [0.1, 0.15) is 5.75 Å². The summed E-state index contributed by atoms with van der Waals surface area (Å²) in [6.45, 7) is -3.05. The zero-order valence-corrected chi connectivity index (χ0v) is 13.8. The number of halogens is 2. The molecular weight excluding hydrogens is 330 g/mol. The highest BCUT2D eigenvalue weighted by Crippen LogP contribution is 2.21. The number of carbonyl (C=O) groups excluding carboxylic acids is 2. The first-order valence-electron chi connectivity index (χ1n) is 8.33. The first-order chi connectivity index (χ1) is 12.0. The van der Waals surface area contributed by atoms with E-state index in [9.17, 15) is 18.4 Å². The second kappa shape index (κ2) is 9.76. The predicted molar refractivity (Wildman–Crippen MR) is 90.1 cm³/mol. The van der Waals surface area contributed by atoms with Crippen molar-refractivity contribution in [3.8, 4) is 5.75 Å². The predicted octanol–water partition coefficient (Wildman–Crippen LogP) is 2.87. The smallest absolute Gasteiger partial charge is 0.387 e. The van der Waals surface area contributed by atoms with Gasteiger partial charge in [-0.1, -0.05) is 37.5 Å². The second-order valence-electron chi connectivity index (χ2n) is 5.87. The Bertz CT molecular complexity index is 614. The number of hydrogen-bond donors (Lipinski definition) is 2. The Hall–Kier alpha value is -2.44. The van der Waals surface area contributed by atoms with Gasteiger partial charge in [0.25, 0.3) is 0 Å². The minimum atomic E-state index is -2.94. The van der Waals surface area contributed by atoms with Gasteiger partial charge >= 0.3 is 6.61 Å². The van der Waals surface area contributed by atoms with E-state index in [2.05, 4.69) is 15.4 Å². The molecular formula is C18H22F2N2O3. The van der Waals surface area contributed by atoms with Crippen molar-refractivity contribution < 1.29 is 23.1 Å². The van der Waals surface area contributed by atoms with Crippen molar-refractivity contribution in [2.45, 2.75) is 44.8 Å². The van der Waals surface area contributed by atoms with Crippen LogP contribution >= 0.6 is 0 Å². The molecule has 1 aromatic carbocycles. The molecule has 25 heavy (non-hydrogen) atoms. The maximum absolute atomic E-state index is 12.3. The van der Waals surface area contributed by atoms with Crippen LogP contribution in [0, 0.1) is 0 Å². The molecule has 2 rings (SSSR count). The fourth-order valence-electron chi connectivity index (χ4n) is 2.74. The fraction of sp³-hybridized carbons (Fsp3) is 0.444. The van der Waals surface area contributed by atoms with Crippen LogP contribution < -0.4 is 15.4 Å². The average Bonchev–Trinajstić information content (AvgIpc) is 2.59. The van der Waals surface area contributed by atoms with Gasteiger partial charge in [-0.15, -0.1) is 0 Å². The summed E-state index contributed by atoms with van der Waals surface area (Å²) < 4.78 is 29.0. The lowest BCUT2D eigenvalue weighted by atomic mass is 9.95. The summed E-state index contributed by atoms with van der Waals surface area (Å²) in [5.41, 5.74) is 0.351. The van der Waals surface area contributed by atoms with E-state index in [1.807, 2.05) is 0 Å². The summed E-state index contributed by atoms with van der Waals surface area (Å²) >= 11 is 0. The number of nitrogens with one attached hydrogen (secondary N) is 2. The molecule has 1 aliphatic carbocycles. The molecule has 1 fully saturated rings. The molecule has 0 unspecified atom stereocenters. The number of para-hydroxylation sites is 1. The summed E-state index contributed by atoms with van der Waals surface area (Å²) in [5.74, 6) is -0.725. The van der Waals surface area contributed by atoms with Crippen molar-refractivity contribution in [2.75, 3.05) is 6.54 Å². The molecule has 0 saturated heterocycles. The standard InChI is InChI=1S/C18H22F2N2O3/c19-18(20)25-15-9-5-4-6-13(15)10-11-16(23)21-12-17(24)22-14-7-2-1-3-8-14/h4-6,9-11,14,18H,1-3,7-8,12H2,(H,21,23)(H,22,24)/b11-10+. The van der Waals surface area contributed by atoms with Crippen LogP contribution in [0.5, 0.6) is 5.75 Å². The first kappa shape index (κ1) is 18.9. The molecule has 0 heterocycles. The quantitative estimate of drug-likeness (QED) is 0.742. The molecule has 0 bridgehead atoms. The van der Waals surface area contributed by atoms with Gasteiger partial charge < -0.3 is 15.4 Å². The van der Waals surface area contributed by atoms with Gasteiger partial charge in [-0.3, -0.25) is 9.59 Å². The Kier molecular flexibility index (Phi) is 7.37. The number of ether oxygens (including phenoxy) is 1. The van der Waals surface area contributed by atoms with Gasteiger partial charge in [-0.2, -0.15) is 8.78 Å². The number of amides is 2. The zero-order chi connectivity index (χ0) is 18.1. The van der Waals surface area contributed by atoms with E-state index in [1.54, 1.807) is 18.2 Å². The molecule has 0 aliphatic heterocycles. The van der Waals surface area contributed by atoms with Crippen molar-refractivity contribution in [1.82, 2.24) is 10.6 Å². The molecule has 0 atom stereocenters. The summed E-state index contributed by atoms with van der Waals surface area (Å²) in [4.78, 5) is 23.6. The number of benzene rings is 1. The van der Waals surface area contributed by atoms with Crippen LogP contribution in [0.3, 0.4) is 0 Å². The highest BCUT2D eigenvalue weighted by Gasteiger charge is 2.15. The Morgan fingerprint density at radius 3 is 2.64 bits per heavy atom. The largest absolute Gasteiger partial charge is 0.434 e. The Morgan fingerprint density at radius 2 is 1.92 bits per heavy atom. The molecule has 1 saturated carbocycles. The molecule has 7 heteroatoms. The number of rotatable bonds is 7. The van der Waals surface area contributed by atoms with Gasteiger partial charge in [0.15, 0.2) is 0 Å². The van der Waals surface area contributed by atoms with E-state index >= 15 is 0 Å². The highest BCUT2D eigenvalue weighted by atomic mass is 19.3. The zero-order valence-electron chi connectivity index (χ0n) is 13.8. The minimum absolute atomic E-state index is 0.0170. The van der Waals surface area contributed by atoms with Crippen molar-refractivity contribution in [1.29, 1.82) is 0 Å². The monoisotopic (exact) mass is 352 g/mol. The van der Waals surface area contributed by atoms with Crippen molar-refractivity contribution in [3.05, 3.63) is 35.9 Å². The molecule has 2 amide bonds. The van der Waals surface area contributed by atoms with Crippen LogP contribution in [0.2, 0.25) is 0 Å². The average molecular weight is 352 g/mol. The summed E-state index contributed by atoms with van der Waals surface area (Å²) in [7, 11) is 0. The summed E-state index contributed by atoms with van der Waals surface area (Å²) in [6.07, 6.45) is 7.92. The molecule has 136 valence electrons. The van der Waals surface area contributed by atoms with Gasteiger partial charge in [0.05, 0.1) is 6.54 Å². The Balaban J connectivity index is 1.79. The molecule has 1 aliphatic rings. The van der Waals surface area contributed by atoms with Crippen LogP contribution in [-0.4, -0.2) is 31.0 Å². The highest BCUT2D eigenvalue weighted by molar-refractivity contribution is 5.94. The third-order valence-electron chi connectivity index (χ3n) is 3.94. The van der Waals surface area contributed by atoms with E-state index in [4.69, 9.17) is 0 Å². The van der Waals surface area contributed by atoms with Crippen molar-refractivity contribution in [2.24, 2.45) is 0 Å². The van der Waals surface area contributed by atoms with Crippen LogP contribution in [0.25, 0.3) is 6.08 Å². The molecule has 1 aromatic rings. The summed E-state index contributed by atoms with van der Waals surface area (Å²) in [6, 6.07) is 6.34. The van der Waals surface area contributed by atoms with Gasteiger partial charge in [-0.05, 0) is 25.0 Å². The van der Waals surface area contributed by atoms with E-state index in [1.165, 1.54) is 24.6 Å². The van der Waals surface area contributed by atoms with E-state index in [0.29, 0.717) is 5.56 Å². The topological polar surface area (TPSA) is 67.4 Å². The maximum atomic E-state index is 12.3. The van der Waals surface area contributed by atoms with E-state index in [0.717, 1.165) is 25.7 Å². The number of alkyl halides is 2. The lowest BCUT2D eigenvalue weighted by molar-refractivity contribution is -0.124. The fourth-order valence-corrected chi connectivity index (χ4v) is 2.74. The minimum Gasteiger partial charge on any atom is -0.434 e. The summed E-state index contributed by atoms with van der Waals surface area (Å²) in [5, 5.41) is 5.37. The molecule has 0 aromatic heterocycles. The molecule has 5 nitrogen and oxygen atoms in total. The third kappa shape index (κ3) is 6.91. The number of hydrogen-bond acceptors (Lipinski definition) is 3. The van der Waals surface area contributed by atoms with Gasteiger partial charge in [0, 0.05) is 17.7 Å². The molecule has 0 spiro atoms. The lowest BCUT2D eigenvalue weighted by Gasteiger charge is -2.22. The van der Waals surface area contributed by atoms with E-state index in [-0.39, 0.29) is 24.2 Å². The number of carbonyl (C=O) groups is 2. The van der Waals surface area contributed by atoms with Crippen LogP contribution in [0.15, 0.2) is 30.3 Å². The SMILES string of the molecule is O=C(/C=C/c1ccccc1OC(F)F)NCC(=O)NC1CCCCC1. The molecule has 0 radical (unpaired) electrons. The molecule has 2 N–H and O–H groups in total. The second-order valence-corrected chi connectivity index (χ2v) is 5.87. The third-order valence-corrected chi connectivity index (χ3v) is 3.94. The lowest BCUT2D eigenvalue weighted by Crippen LogP contribution is -2.42. The van der Waals surface area contributed by atoms with Gasteiger partial charge in [0.2, 0.25) is 11.8 Å². The Morgan fingerprint density at radius 1 is 1.20 bits per heavy atom. The van der Waals surface area contributed by atoms with Gasteiger partial charge in [-0.25, -0.2) is 0 Å². The van der Waals surface area contributed by atoms with Crippen LogP contribution in [0.4, 0.5) is 8.78 Å². The van der Waals surface area contributed by atoms with Crippen LogP contribution in [-0.2, 0) is 9.59 Å². The van der Waals surface area contributed by atoms with Crippen LogP contribution in [0.1, 0.15) is 37.7 Å². The normalized spacial score (nSPS) is 15.3. The maximum Gasteiger partial charge on any atom is 0.387 e. The Labute approximate surface area is 145 Å². The van der Waals surface area contributed by atoms with E-state index < -0.39 is 12.5 Å². The van der Waals surface area contributed by atoms with Crippen molar-refractivity contribution >= 4 is 17.9 Å².